The van der Waals surface area contributed by atoms with Crippen molar-refractivity contribution in [1.82, 2.24) is 0 Å². The van der Waals surface area contributed by atoms with Crippen molar-refractivity contribution in [2.75, 3.05) is 0 Å². The predicted octanol–water partition coefficient (Wildman–Crippen LogP) is 3.21. The minimum atomic E-state index is -0.326. The normalized spacial score (nSPS) is 13.1. The molecule has 0 aliphatic heterocycles. The third-order valence-corrected chi connectivity index (χ3v) is 3.39. The molecule has 0 saturated carbocycles. The van der Waals surface area contributed by atoms with Gasteiger partial charge in [-0.05, 0) is 31.6 Å². The number of hydrogen-bond donors (Lipinski definition) is 0. The Morgan fingerprint density at radius 2 is 1.90 bits per heavy atom. The Labute approximate surface area is 124 Å². The van der Waals surface area contributed by atoms with Crippen LogP contribution in [0.25, 0.3) is 0 Å². The molecule has 1 aromatic rings. The minimum Gasteiger partial charge on any atom is -0.463 e. The molecule has 0 amide bonds. The molecule has 2 atom stereocenters. The molecule has 0 bridgehead atoms. The quantitative estimate of drug-likeness (QED) is 0.572. The Bertz CT molecular complexity index is 426. The Kier molecular flexibility index (Phi) is 6.64. The summed E-state index contributed by atoms with van der Waals surface area (Å²) in [5, 5.41) is 1.16. The van der Waals surface area contributed by atoms with Crippen LogP contribution in [0.5, 0.6) is 0 Å². The Hall–Kier alpha value is -0.920. The summed E-state index contributed by atoms with van der Waals surface area (Å²) in [5.74, 6) is -0.163. The van der Waals surface area contributed by atoms with Gasteiger partial charge in [0.1, 0.15) is 6.10 Å². The molecule has 0 radical (unpaired) electrons. The van der Waals surface area contributed by atoms with Gasteiger partial charge in [-0.3, -0.25) is 4.79 Å². The van der Waals surface area contributed by atoms with E-state index in [0.717, 1.165) is 10.9 Å². The van der Waals surface area contributed by atoms with Gasteiger partial charge in [0, 0.05) is 12.8 Å². The first-order chi connectivity index (χ1) is 9.32. The monoisotopic (exact) mass is 296 g/mol. The van der Waals surface area contributed by atoms with Crippen LogP contribution in [-0.2, 0) is 20.9 Å². The fourth-order valence-corrected chi connectivity index (χ4v) is 2.19. The average molecular weight is 296 g/mol. The smallest absolute Gasteiger partial charge is 0.305 e. The molecule has 0 fully saturated rings. The molecular weight excluding hydrogens is 271 g/mol. The Morgan fingerprint density at radius 1 is 1.30 bits per heavy atom. The van der Waals surface area contributed by atoms with E-state index in [0.29, 0.717) is 19.4 Å². The highest BCUT2D eigenvalue weighted by molar-refractivity contribution is 7.27. The molecule has 3 nitrogen and oxygen atoms in total. The first kappa shape index (κ1) is 17.1. The van der Waals surface area contributed by atoms with Gasteiger partial charge in [-0.15, -0.1) is 9.24 Å². The molecule has 0 saturated heterocycles. The van der Waals surface area contributed by atoms with E-state index in [1.807, 2.05) is 32.9 Å². The Morgan fingerprint density at radius 3 is 2.45 bits per heavy atom. The molecule has 0 aliphatic rings. The maximum atomic E-state index is 11.3. The standard InChI is InChI=1S/C16H25O3P/c1-5-15(17)19-12(2)10-16(3,4)18-11-13-6-8-14(20)9-7-13/h6-9,12H,5,10-11,20H2,1-4H3. The van der Waals surface area contributed by atoms with E-state index < -0.39 is 0 Å². The summed E-state index contributed by atoms with van der Waals surface area (Å²) in [6, 6.07) is 8.20. The highest BCUT2D eigenvalue weighted by Crippen LogP contribution is 2.20. The molecule has 20 heavy (non-hydrogen) atoms. The molecule has 0 aliphatic carbocycles. The third-order valence-electron chi connectivity index (χ3n) is 3.01. The summed E-state index contributed by atoms with van der Waals surface area (Å²) in [7, 11) is 2.66. The van der Waals surface area contributed by atoms with Gasteiger partial charge in [-0.2, -0.15) is 0 Å². The van der Waals surface area contributed by atoms with Crippen LogP contribution >= 0.6 is 9.24 Å². The van der Waals surface area contributed by atoms with Gasteiger partial charge in [0.15, 0.2) is 0 Å². The van der Waals surface area contributed by atoms with Crippen molar-refractivity contribution in [2.24, 2.45) is 0 Å². The third kappa shape index (κ3) is 6.49. The number of carbonyl (C=O) groups excluding carboxylic acids is 1. The number of carbonyl (C=O) groups is 1. The molecule has 1 rings (SSSR count). The zero-order valence-corrected chi connectivity index (χ0v) is 14.0. The highest BCUT2D eigenvalue weighted by atomic mass is 31.0. The number of ether oxygens (including phenoxy) is 2. The summed E-state index contributed by atoms with van der Waals surface area (Å²) in [6.07, 6.45) is 0.958. The molecule has 0 N–H and O–H groups in total. The maximum absolute atomic E-state index is 11.3. The second kappa shape index (κ2) is 7.75. The van der Waals surface area contributed by atoms with Crippen molar-refractivity contribution in [1.29, 1.82) is 0 Å². The van der Waals surface area contributed by atoms with Crippen LogP contribution in [-0.4, -0.2) is 17.7 Å². The van der Waals surface area contributed by atoms with Crippen molar-refractivity contribution in [3.63, 3.8) is 0 Å². The molecule has 2 unspecified atom stereocenters. The van der Waals surface area contributed by atoms with Crippen LogP contribution in [0.3, 0.4) is 0 Å². The van der Waals surface area contributed by atoms with Crippen LogP contribution in [0, 0.1) is 0 Å². The van der Waals surface area contributed by atoms with Crippen molar-refractivity contribution in [3.8, 4) is 0 Å². The van der Waals surface area contributed by atoms with Gasteiger partial charge < -0.3 is 9.47 Å². The molecule has 1 aromatic carbocycles. The number of rotatable bonds is 7. The van der Waals surface area contributed by atoms with Gasteiger partial charge in [0.25, 0.3) is 0 Å². The molecule has 0 aromatic heterocycles. The summed E-state index contributed by atoms with van der Waals surface area (Å²) in [4.78, 5) is 11.3. The van der Waals surface area contributed by atoms with Crippen LogP contribution in [0.15, 0.2) is 24.3 Å². The van der Waals surface area contributed by atoms with E-state index in [1.54, 1.807) is 6.92 Å². The zero-order valence-electron chi connectivity index (χ0n) is 12.8. The minimum absolute atomic E-state index is 0.133. The fourth-order valence-electron chi connectivity index (χ4n) is 1.99. The second-order valence-corrected chi connectivity index (χ2v) is 6.31. The van der Waals surface area contributed by atoms with Gasteiger partial charge in [-0.1, -0.05) is 31.2 Å². The summed E-state index contributed by atoms with van der Waals surface area (Å²) >= 11 is 0. The summed E-state index contributed by atoms with van der Waals surface area (Å²) in [6.45, 7) is 8.31. The van der Waals surface area contributed by atoms with E-state index in [1.165, 1.54) is 0 Å². The van der Waals surface area contributed by atoms with Crippen molar-refractivity contribution in [3.05, 3.63) is 29.8 Å². The van der Waals surface area contributed by atoms with Gasteiger partial charge >= 0.3 is 5.97 Å². The van der Waals surface area contributed by atoms with E-state index >= 15 is 0 Å². The average Bonchev–Trinajstić information content (AvgIpc) is 2.37. The van der Waals surface area contributed by atoms with E-state index in [-0.39, 0.29) is 17.7 Å². The highest BCUT2D eigenvalue weighted by Gasteiger charge is 2.23. The molecular formula is C16H25O3P. The summed E-state index contributed by atoms with van der Waals surface area (Å²) in [5.41, 5.74) is 0.815. The maximum Gasteiger partial charge on any atom is 0.305 e. The lowest BCUT2D eigenvalue weighted by atomic mass is 10.0. The van der Waals surface area contributed by atoms with Gasteiger partial charge in [0.2, 0.25) is 0 Å². The van der Waals surface area contributed by atoms with Crippen LogP contribution in [0.4, 0.5) is 0 Å². The van der Waals surface area contributed by atoms with Crippen LogP contribution < -0.4 is 5.30 Å². The molecule has 0 heterocycles. The number of esters is 1. The molecule has 0 spiro atoms. The summed E-state index contributed by atoms with van der Waals surface area (Å²) < 4.78 is 11.2. The van der Waals surface area contributed by atoms with E-state index in [2.05, 4.69) is 21.4 Å². The van der Waals surface area contributed by atoms with Crippen LogP contribution in [0.1, 0.15) is 46.1 Å². The second-order valence-electron chi connectivity index (χ2n) is 5.65. The fraction of sp³-hybridized carbons (Fsp3) is 0.562. The number of benzene rings is 1. The lowest BCUT2D eigenvalue weighted by molar-refractivity contribution is -0.151. The first-order valence-corrected chi connectivity index (χ1v) is 7.58. The van der Waals surface area contributed by atoms with Crippen molar-refractivity contribution in [2.45, 2.75) is 58.8 Å². The van der Waals surface area contributed by atoms with Crippen molar-refractivity contribution < 1.29 is 14.3 Å². The lowest BCUT2D eigenvalue weighted by Crippen LogP contribution is -2.31. The SMILES string of the molecule is CCC(=O)OC(C)CC(C)(C)OCc1ccc(P)cc1. The molecule has 4 heteroatoms. The largest absolute Gasteiger partial charge is 0.463 e. The Balaban J connectivity index is 2.44. The van der Waals surface area contributed by atoms with Gasteiger partial charge in [0.05, 0.1) is 12.2 Å². The lowest BCUT2D eigenvalue weighted by Gasteiger charge is -2.28. The zero-order chi connectivity index (χ0) is 15.2. The van der Waals surface area contributed by atoms with Crippen molar-refractivity contribution >= 4 is 20.5 Å². The van der Waals surface area contributed by atoms with E-state index in [9.17, 15) is 4.79 Å². The van der Waals surface area contributed by atoms with Crippen LogP contribution in [0.2, 0.25) is 0 Å². The van der Waals surface area contributed by atoms with Gasteiger partial charge in [-0.25, -0.2) is 0 Å². The first-order valence-electron chi connectivity index (χ1n) is 7.00. The predicted molar refractivity (Wildman–Crippen MR) is 85.1 cm³/mol. The number of hydrogen-bond acceptors (Lipinski definition) is 3. The van der Waals surface area contributed by atoms with E-state index in [4.69, 9.17) is 9.47 Å². The topological polar surface area (TPSA) is 35.5 Å². The molecule has 112 valence electrons.